The number of aliphatic imine (C=N–C) groups is 1. The lowest BCUT2D eigenvalue weighted by Gasteiger charge is -2.24. The third-order valence-corrected chi connectivity index (χ3v) is 4.32. The summed E-state index contributed by atoms with van der Waals surface area (Å²) in [5.74, 6) is 0.760. The molecule has 0 unspecified atom stereocenters. The molecule has 0 amide bonds. The third kappa shape index (κ3) is 7.81. The molecule has 2 rings (SSSR count). The molecule has 0 saturated carbocycles. The maximum atomic E-state index is 5.78. The van der Waals surface area contributed by atoms with Crippen LogP contribution >= 0.6 is 0 Å². The summed E-state index contributed by atoms with van der Waals surface area (Å²) in [4.78, 5) is 4.25. The second kappa shape index (κ2) is 10.7. The highest BCUT2D eigenvalue weighted by Gasteiger charge is 2.16. The van der Waals surface area contributed by atoms with Crippen molar-refractivity contribution in [3.05, 3.63) is 71.3 Å². The lowest BCUT2D eigenvalue weighted by atomic mass is 10.1. The Morgan fingerprint density at radius 1 is 0.889 bits per heavy atom. The van der Waals surface area contributed by atoms with Gasteiger partial charge in [0, 0.05) is 27.2 Å². The lowest BCUT2D eigenvalue weighted by Crippen LogP contribution is -2.45. The van der Waals surface area contributed by atoms with Crippen molar-refractivity contribution in [2.45, 2.75) is 39.2 Å². The van der Waals surface area contributed by atoms with E-state index in [4.69, 9.17) is 9.47 Å². The maximum absolute atomic E-state index is 5.78. The quantitative estimate of drug-likeness (QED) is 0.525. The molecular weight excluding hydrogens is 338 g/mol. The minimum absolute atomic E-state index is 0.237. The predicted molar refractivity (Wildman–Crippen MR) is 111 cm³/mol. The smallest absolute Gasteiger partial charge is 0.191 e. The summed E-state index contributed by atoms with van der Waals surface area (Å²) in [6.07, 6.45) is 0. The van der Waals surface area contributed by atoms with Crippen LogP contribution in [0.5, 0.6) is 0 Å². The van der Waals surface area contributed by atoms with Crippen LogP contribution in [-0.2, 0) is 29.2 Å². The van der Waals surface area contributed by atoms with Gasteiger partial charge in [-0.15, -0.1) is 0 Å². The van der Waals surface area contributed by atoms with Crippen molar-refractivity contribution in [1.82, 2.24) is 10.6 Å². The van der Waals surface area contributed by atoms with E-state index in [0.29, 0.717) is 26.3 Å². The first-order chi connectivity index (χ1) is 13.0. The molecule has 0 aliphatic carbocycles. The molecule has 0 spiro atoms. The Morgan fingerprint density at radius 2 is 1.48 bits per heavy atom. The van der Waals surface area contributed by atoms with Gasteiger partial charge in [0.05, 0.1) is 18.8 Å². The largest absolute Gasteiger partial charge is 0.377 e. The van der Waals surface area contributed by atoms with Crippen LogP contribution in [0.4, 0.5) is 0 Å². The van der Waals surface area contributed by atoms with Crippen molar-refractivity contribution < 1.29 is 9.47 Å². The van der Waals surface area contributed by atoms with Crippen molar-refractivity contribution in [2.75, 3.05) is 20.7 Å². The third-order valence-electron chi connectivity index (χ3n) is 4.32. The highest BCUT2D eigenvalue weighted by Crippen LogP contribution is 2.08. The Hall–Kier alpha value is -2.37. The molecule has 0 aliphatic heterocycles. The Balaban J connectivity index is 1.74. The van der Waals surface area contributed by atoms with Crippen LogP contribution < -0.4 is 10.6 Å². The number of methoxy groups -OCH3 is 1. The Bertz CT molecular complexity index is 697. The molecule has 0 aliphatic rings. The van der Waals surface area contributed by atoms with Crippen LogP contribution in [0.1, 0.15) is 30.5 Å². The van der Waals surface area contributed by atoms with Gasteiger partial charge in [0.25, 0.3) is 0 Å². The van der Waals surface area contributed by atoms with Crippen LogP contribution in [0.2, 0.25) is 0 Å². The van der Waals surface area contributed by atoms with Gasteiger partial charge < -0.3 is 20.1 Å². The molecule has 0 aromatic heterocycles. The second-order valence-electron chi connectivity index (χ2n) is 7.04. The van der Waals surface area contributed by atoms with Crippen LogP contribution in [-0.4, -0.2) is 32.3 Å². The van der Waals surface area contributed by atoms with Crippen molar-refractivity contribution in [3.8, 4) is 0 Å². The van der Waals surface area contributed by atoms with E-state index >= 15 is 0 Å². The van der Waals surface area contributed by atoms with Crippen molar-refractivity contribution in [3.63, 3.8) is 0 Å². The van der Waals surface area contributed by atoms with Gasteiger partial charge in [0.2, 0.25) is 0 Å². The number of rotatable bonds is 9. The average Bonchev–Trinajstić information content (AvgIpc) is 2.70. The molecule has 0 radical (unpaired) electrons. The van der Waals surface area contributed by atoms with Gasteiger partial charge in [0.1, 0.15) is 0 Å². The summed E-state index contributed by atoms with van der Waals surface area (Å²) in [5.41, 5.74) is 3.31. The van der Waals surface area contributed by atoms with E-state index in [1.165, 1.54) is 16.7 Å². The molecule has 0 saturated heterocycles. The monoisotopic (exact) mass is 369 g/mol. The number of guanidine groups is 1. The van der Waals surface area contributed by atoms with Crippen molar-refractivity contribution in [2.24, 2.45) is 4.99 Å². The normalized spacial score (nSPS) is 12.1. The molecule has 2 aromatic rings. The average molecular weight is 370 g/mol. The number of benzene rings is 2. The standard InChI is InChI=1S/C22H31N3O2/c1-22(2,26-4)17-25-21(23-3)24-14-18-10-12-20(13-11-18)16-27-15-19-8-6-5-7-9-19/h5-13H,14-17H2,1-4H3,(H2,23,24,25). The minimum Gasteiger partial charge on any atom is -0.377 e. The molecule has 27 heavy (non-hydrogen) atoms. The van der Waals surface area contributed by atoms with E-state index in [9.17, 15) is 0 Å². The zero-order chi connectivity index (χ0) is 19.5. The maximum Gasteiger partial charge on any atom is 0.191 e. The number of hydrogen-bond donors (Lipinski definition) is 2. The SMILES string of the molecule is CN=C(NCc1ccc(COCc2ccccc2)cc1)NCC(C)(C)OC. The fourth-order valence-electron chi connectivity index (χ4n) is 2.39. The first-order valence-corrected chi connectivity index (χ1v) is 9.21. The van der Waals surface area contributed by atoms with Crippen LogP contribution in [0.15, 0.2) is 59.6 Å². The first kappa shape index (κ1) is 20.9. The zero-order valence-corrected chi connectivity index (χ0v) is 16.8. The second-order valence-corrected chi connectivity index (χ2v) is 7.04. The van der Waals surface area contributed by atoms with E-state index in [0.717, 1.165) is 5.96 Å². The summed E-state index contributed by atoms with van der Waals surface area (Å²) in [5, 5.41) is 6.60. The minimum atomic E-state index is -0.237. The number of ether oxygens (including phenoxy) is 2. The van der Waals surface area contributed by atoms with Gasteiger partial charge >= 0.3 is 0 Å². The molecule has 0 fully saturated rings. The summed E-state index contributed by atoms with van der Waals surface area (Å²) >= 11 is 0. The summed E-state index contributed by atoms with van der Waals surface area (Å²) in [7, 11) is 3.48. The summed E-state index contributed by atoms with van der Waals surface area (Å²) in [6.45, 7) is 6.69. The molecule has 5 nitrogen and oxygen atoms in total. The van der Waals surface area contributed by atoms with Gasteiger partial charge in [-0.25, -0.2) is 0 Å². The molecule has 0 bridgehead atoms. The molecule has 146 valence electrons. The van der Waals surface area contributed by atoms with Gasteiger partial charge in [-0.3, -0.25) is 4.99 Å². The fraction of sp³-hybridized carbons (Fsp3) is 0.409. The predicted octanol–water partition coefficient (Wildman–Crippen LogP) is 3.49. The van der Waals surface area contributed by atoms with Gasteiger partial charge in [-0.2, -0.15) is 0 Å². The zero-order valence-electron chi connectivity index (χ0n) is 16.8. The summed E-state index contributed by atoms with van der Waals surface area (Å²) in [6, 6.07) is 18.6. The van der Waals surface area contributed by atoms with E-state index in [-0.39, 0.29) is 5.60 Å². The van der Waals surface area contributed by atoms with E-state index in [1.807, 2.05) is 32.0 Å². The topological polar surface area (TPSA) is 54.9 Å². The molecule has 0 heterocycles. The molecule has 5 heteroatoms. The van der Waals surface area contributed by atoms with Gasteiger partial charge in [-0.05, 0) is 30.5 Å². The highest BCUT2D eigenvalue weighted by molar-refractivity contribution is 5.79. The molecule has 2 N–H and O–H groups in total. The van der Waals surface area contributed by atoms with Crippen molar-refractivity contribution in [1.29, 1.82) is 0 Å². The fourth-order valence-corrected chi connectivity index (χ4v) is 2.39. The Kier molecular flexibility index (Phi) is 8.30. The van der Waals surface area contributed by atoms with Crippen LogP contribution in [0.25, 0.3) is 0 Å². The number of nitrogens with zero attached hydrogens (tertiary/aromatic N) is 1. The first-order valence-electron chi connectivity index (χ1n) is 9.21. The number of nitrogens with one attached hydrogen (secondary N) is 2. The number of hydrogen-bond acceptors (Lipinski definition) is 3. The van der Waals surface area contributed by atoms with E-state index < -0.39 is 0 Å². The Morgan fingerprint density at radius 3 is 2.07 bits per heavy atom. The molecule has 0 atom stereocenters. The van der Waals surface area contributed by atoms with Gasteiger partial charge in [-0.1, -0.05) is 54.6 Å². The van der Waals surface area contributed by atoms with Crippen LogP contribution in [0, 0.1) is 0 Å². The molecule has 2 aromatic carbocycles. The molecular formula is C22H31N3O2. The highest BCUT2D eigenvalue weighted by atomic mass is 16.5. The van der Waals surface area contributed by atoms with Gasteiger partial charge in [0.15, 0.2) is 5.96 Å². The van der Waals surface area contributed by atoms with E-state index in [1.54, 1.807) is 14.2 Å². The lowest BCUT2D eigenvalue weighted by molar-refractivity contribution is 0.0268. The van der Waals surface area contributed by atoms with E-state index in [2.05, 4.69) is 52.0 Å². The van der Waals surface area contributed by atoms with Crippen molar-refractivity contribution >= 4 is 5.96 Å². The Labute approximate surface area is 162 Å². The van der Waals surface area contributed by atoms with Crippen LogP contribution in [0.3, 0.4) is 0 Å². The summed E-state index contributed by atoms with van der Waals surface area (Å²) < 4.78 is 11.2.